The fourth-order valence-electron chi connectivity index (χ4n) is 1.65. The Morgan fingerprint density at radius 3 is 2.75 bits per heavy atom. The van der Waals surface area contributed by atoms with Crippen LogP contribution in [0.15, 0.2) is 35.3 Å². The van der Waals surface area contributed by atoms with Crippen molar-refractivity contribution in [2.45, 2.75) is 6.18 Å². The number of aromatic nitrogens is 2. The number of hydrogen-bond donors (Lipinski definition) is 0. The number of fused-ring (bicyclic) bond motifs is 1. The lowest BCUT2D eigenvalue weighted by Gasteiger charge is -2.04. The van der Waals surface area contributed by atoms with Crippen LogP contribution in [0.3, 0.4) is 0 Å². The van der Waals surface area contributed by atoms with E-state index >= 15 is 0 Å². The van der Waals surface area contributed by atoms with E-state index in [1.165, 1.54) is 30.1 Å². The second kappa shape index (κ2) is 4.75. The van der Waals surface area contributed by atoms with Gasteiger partial charge in [0.2, 0.25) is 0 Å². The van der Waals surface area contributed by atoms with Gasteiger partial charge in [-0.15, -0.1) is 11.3 Å². The average Bonchev–Trinajstić information content (AvgIpc) is 3.03. The number of alkyl halides is 3. The molecule has 0 saturated heterocycles. The normalized spacial score (nSPS) is 12.6. The van der Waals surface area contributed by atoms with Gasteiger partial charge in [0.05, 0.1) is 15.8 Å². The van der Waals surface area contributed by atoms with E-state index in [0.717, 1.165) is 12.1 Å². The van der Waals surface area contributed by atoms with Crippen LogP contribution in [0.1, 0.15) is 16.3 Å². The molecule has 0 fully saturated rings. The molecule has 0 unspecified atom stereocenters. The van der Waals surface area contributed by atoms with E-state index in [2.05, 4.69) is 9.97 Å². The summed E-state index contributed by atoms with van der Waals surface area (Å²) in [7, 11) is 0. The number of rotatable bonds is 2. The molecule has 0 amide bonds. The summed E-state index contributed by atoms with van der Waals surface area (Å²) >= 11 is 1.31. The van der Waals surface area contributed by atoms with Gasteiger partial charge in [-0.25, -0.2) is 9.97 Å². The highest BCUT2D eigenvalue weighted by molar-refractivity contribution is 7.19. The minimum Gasteiger partial charge on any atom is -0.451 e. The summed E-state index contributed by atoms with van der Waals surface area (Å²) < 4.78 is 43.3. The van der Waals surface area contributed by atoms with Gasteiger partial charge in [0, 0.05) is 0 Å². The smallest absolute Gasteiger partial charge is 0.416 e. The van der Waals surface area contributed by atoms with Crippen molar-refractivity contribution in [1.29, 1.82) is 0 Å². The second-order valence-corrected chi connectivity index (χ2v) is 5.04. The molecule has 0 bridgehead atoms. The van der Waals surface area contributed by atoms with Crippen LogP contribution in [0, 0.1) is 0 Å². The van der Waals surface area contributed by atoms with Gasteiger partial charge in [-0.3, -0.25) is 0 Å². The summed E-state index contributed by atoms with van der Waals surface area (Å²) in [5.41, 5.74) is 0.271. The van der Waals surface area contributed by atoms with Crippen molar-refractivity contribution in [2.75, 3.05) is 0 Å². The van der Waals surface area contributed by atoms with E-state index < -0.39 is 11.7 Å². The Hall–Kier alpha value is -2.15. The Balaban J connectivity index is 1.95. The molecule has 3 nitrogen and oxygen atoms in total. The monoisotopic (exact) mass is 296 g/mol. The Morgan fingerprint density at radius 1 is 1.20 bits per heavy atom. The molecular formula is C13H7F3N2OS. The fraction of sp³-hybridized carbons (Fsp3) is 0.0769. The number of halogens is 3. The summed E-state index contributed by atoms with van der Waals surface area (Å²) in [6.45, 7) is 0. The summed E-state index contributed by atoms with van der Waals surface area (Å²) in [4.78, 5) is 8.07. The van der Waals surface area contributed by atoms with Gasteiger partial charge in [0.1, 0.15) is 17.0 Å². The lowest BCUT2D eigenvalue weighted by Crippen LogP contribution is -2.03. The lowest BCUT2D eigenvalue weighted by atomic mass is 10.2. The van der Waals surface area contributed by atoms with Gasteiger partial charge in [-0.2, -0.15) is 13.2 Å². The van der Waals surface area contributed by atoms with Crippen LogP contribution in [0.5, 0.6) is 0 Å². The molecule has 2 heterocycles. The number of hydrogen-bond acceptors (Lipinski definition) is 4. The van der Waals surface area contributed by atoms with Crippen molar-refractivity contribution in [2.24, 2.45) is 0 Å². The Labute approximate surface area is 115 Å². The number of benzene rings is 1. The molecule has 0 saturated carbocycles. The predicted octanol–water partition coefficient (Wildman–Crippen LogP) is 4.47. The molecule has 0 spiro atoms. The molecule has 0 atom stereocenters. The first kappa shape index (κ1) is 12.9. The molecule has 2 aromatic heterocycles. The molecule has 1 aromatic carbocycles. The van der Waals surface area contributed by atoms with Crippen molar-refractivity contribution in [3.63, 3.8) is 0 Å². The maximum absolute atomic E-state index is 12.6. The van der Waals surface area contributed by atoms with Gasteiger partial charge in [-0.05, 0) is 30.4 Å². The third kappa shape index (κ3) is 2.57. The molecule has 0 aliphatic rings. The van der Waals surface area contributed by atoms with E-state index in [1.807, 2.05) is 0 Å². The van der Waals surface area contributed by atoms with E-state index in [1.54, 1.807) is 12.2 Å². The number of oxazole rings is 1. The van der Waals surface area contributed by atoms with Crippen molar-refractivity contribution < 1.29 is 17.6 Å². The Morgan fingerprint density at radius 2 is 2.05 bits per heavy atom. The zero-order chi connectivity index (χ0) is 14.2. The highest BCUT2D eigenvalue weighted by Gasteiger charge is 2.30. The van der Waals surface area contributed by atoms with Gasteiger partial charge < -0.3 is 4.42 Å². The molecule has 3 aromatic rings. The fourth-order valence-corrected chi connectivity index (χ4v) is 2.50. The van der Waals surface area contributed by atoms with Crippen molar-refractivity contribution in [3.8, 4) is 0 Å². The van der Waals surface area contributed by atoms with Gasteiger partial charge in [-0.1, -0.05) is 0 Å². The van der Waals surface area contributed by atoms with Crippen LogP contribution >= 0.6 is 11.3 Å². The van der Waals surface area contributed by atoms with E-state index in [4.69, 9.17) is 4.42 Å². The maximum atomic E-state index is 12.6. The largest absolute Gasteiger partial charge is 0.451 e. The van der Waals surface area contributed by atoms with Crippen LogP contribution in [0.4, 0.5) is 13.2 Å². The van der Waals surface area contributed by atoms with Crippen molar-refractivity contribution in [1.82, 2.24) is 9.97 Å². The highest BCUT2D eigenvalue weighted by Crippen LogP contribution is 2.33. The summed E-state index contributed by atoms with van der Waals surface area (Å²) in [5.74, 6) is 0. The van der Waals surface area contributed by atoms with Crippen LogP contribution < -0.4 is 0 Å². The van der Waals surface area contributed by atoms with E-state index in [9.17, 15) is 13.2 Å². The summed E-state index contributed by atoms with van der Waals surface area (Å²) in [6, 6.07) is 3.55. The van der Waals surface area contributed by atoms with E-state index in [0.29, 0.717) is 20.9 Å². The lowest BCUT2D eigenvalue weighted by molar-refractivity contribution is -0.137. The first-order valence-electron chi connectivity index (χ1n) is 5.56. The quantitative estimate of drug-likeness (QED) is 0.700. The zero-order valence-corrected chi connectivity index (χ0v) is 10.7. The maximum Gasteiger partial charge on any atom is 0.416 e. The van der Waals surface area contributed by atoms with Crippen molar-refractivity contribution in [3.05, 3.63) is 47.1 Å². The topological polar surface area (TPSA) is 38.9 Å². The zero-order valence-electron chi connectivity index (χ0n) is 9.89. The minimum absolute atomic E-state index is 0.338. The number of thiazole rings is 1. The highest BCUT2D eigenvalue weighted by atomic mass is 32.1. The molecule has 3 rings (SSSR count). The molecule has 20 heavy (non-hydrogen) atoms. The third-order valence-corrected chi connectivity index (χ3v) is 3.58. The standard InChI is InChI=1S/C13H7F3N2OS/c14-13(15,16)8-1-3-11-10(5-8)18-12(20-11)4-2-9-6-19-7-17-9/h1-7H/b4-2+. The van der Waals surface area contributed by atoms with E-state index in [-0.39, 0.29) is 0 Å². The SMILES string of the molecule is FC(F)(F)c1ccc2sc(/C=C/c3cocn3)nc2c1. The molecule has 0 aliphatic heterocycles. The molecule has 0 N–H and O–H groups in total. The first-order valence-corrected chi connectivity index (χ1v) is 6.38. The molecule has 0 aliphatic carbocycles. The average molecular weight is 296 g/mol. The van der Waals surface area contributed by atoms with Gasteiger partial charge >= 0.3 is 6.18 Å². The Bertz CT molecular complexity index is 760. The van der Waals surface area contributed by atoms with Crippen LogP contribution in [0.25, 0.3) is 22.4 Å². The minimum atomic E-state index is -4.35. The predicted molar refractivity (Wildman–Crippen MR) is 70.1 cm³/mol. The van der Waals surface area contributed by atoms with Gasteiger partial charge in [0.15, 0.2) is 6.39 Å². The molecule has 7 heteroatoms. The second-order valence-electron chi connectivity index (χ2n) is 3.98. The first-order chi connectivity index (χ1) is 9.52. The van der Waals surface area contributed by atoms with Crippen LogP contribution in [0.2, 0.25) is 0 Å². The Kier molecular flexibility index (Phi) is 3.06. The molecule has 102 valence electrons. The summed E-state index contributed by atoms with van der Waals surface area (Å²) in [5, 5.41) is 0.613. The summed E-state index contributed by atoms with van der Waals surface area (Å²) in [6.07, 6.45) is 1.79. The number of nitrogens with zero attached hydrogens (tertiary/aromatic N) is 2. The van der Waals surface area contributed by atoms with Crippen LogP contribution in [-0.4, -0.2) is 9.97 Å². The van der Waals surface area contributed by atoms with Gasteiger partial charge in [0.25, 0.3) is 0 Å². The molecular weight excluding hydrogens is 289 g/mol. The van der Waals surface area contributed by atoms with Crippen LogP contribution in [-0.2, 0) is 6.18 Å². The molecule has 0 radical (unpaired) electrons. The third-order valence-electron chi connectivity index (χ3n) is 2.58. The van der Waals surface area contributed by atoms with Crippen molar-refractivity contribution >= 4 is 33.7 Å².